The van der Waals surface area contributed by atoms with Gasteiger partial charge in [0, 0.05) is 12.1 Å². The van der Waals surface area contributed by atoms with Crippen LogP contribution in [0.15, 0.2) is 48.5 Å². The molecule has 0 radical (unpaired) electrons. The first-order valence-electron chi connectivity index (χ1n) is 10.6. The summed E-state index contributed by atoms with van der Waals surface area (Å²) in [5, 5.41) is 16.9. The smallest absolute Gasteiger partial charge is 0.259 e. The van der Waals surface area contributed by atoms with Gasteiger partial charge in [-0.15, -0.1) is 10.2 Å². The van der Waals surface area contributed by atoms with Crippen LogP contribution < -0.4 is 10.1 Å². The normalized spacial score (nSPS) is 10.7. The molecule has 0 saturated heterocycles. The monoisotopic (exact) mass is 407 g/mol. The van der Waals surface area contributed by atoms with Crippen LogP contribution in [0.25, 0.3) is 0 Å². The highest BCUT2D eigenvalue weighted by Crippen LogP contribution is 2.21. The summed E-state index contributed by atoms with van der Waals surface area (Å²) in [4.78, 5) is 12.8. The van der Waals surface area contributed by atoms with Crippen LogP contribution in [0, 0.1) is 0 Å². The number of ether oxygens (including phenoxy) is 1. The number of carbonyl (C=O) groups excluding carboxylic acids is 1. The van der Waals surface area contributed by atoms with E-state index in [0.29, 0.717) is 30.2 Å². The number of nitrogens with one attached hydrogen (secondary N) is 2. The van der Waals surface area contributed by atoms with E-state index in [9.17, 15) is 4.79 Å². The average Bonchev–Trinajstić information content (AvgIpc) is 3.29. The van der Waals surface area contributed by atoms with Crippen LogP contribution in [0.5, 0.6) is 5.75 Å². The molecule has 0 bridgehead atoms. The molecule has 0 aliphatic heterocycles. The Kier molecular flexibility index (Phi) is 8.38. The van der Waals surface area contributed by atoms with Gasteiger partial charge < -0.3 is 10.1 Å². The molecule has 0 saturated carbocycles. The van der Waals surface area contributed by atoms with Gasteiger partial charge in [-0.1, -0.05) is 62.1 Å². The number of rotatable bonds is 12. The molecule has 1 heterocycles. The number of anilines is 1. The first-order chi connectivity index (χ1) is 14.8. The summed E-state index contributed by atoms with van der Waals surface area (Å²) in [5.74, 6) is 1.12. The predicted molar refractivity (Wildman–Crippen MR) is 117 cm³/mol. The number of aryl methyl sites for hydroxylation is 2. The molecule has 0 atom stereocenters. The summed E-state index contributed by atoms with van der Waals surface area (Å²) in [6.45, 7) is 2.83. The van der Waals surface area contributed by atoms with E-state index in [1.165, 1.54) is 19.3 Å². The minimum atomic E-state index is -0.174. The van der Waals surface area contributed by atoms with Gasteiger partial charge in [0.2, 0.25) is 0 Å². The van der Waals surface area contributed by atoms with Crippen LogP contribution in [-0.2, 0) is 12.8 Å². The van der Waals surface area contributed by atoms with Gasteiger partial charge in [-0.25, -0.2) is 0 Å². The molecule has 2 aromatic carbocycles. The summed E-state index contributed by atoms with van der Waals surface area (Å²) in [6.07, 6.45) is 7.31. The van der Waals surface area contributed by atoms with Crippen molar-refractivity contribution in [3.63, 3.8) is 0 Å². The number of unbranched alkanes of at least 4 members (excludes halogenated alkanes) is 4. The van der Waals surface area contributed by atoms with Crippen LogP contribution in [0.2, 0.25) is 0 Å². The first-order valence-corrected chi connectivity index (χ1v) is 10.6. The lowest BCUT2D eigenvalue weighted by Gasteiger charge is -2.12. The number of aromatic nitrogens is 4. The van der Waals surface area contributed by atoms with Crippen LogP contribution in [0.1, 0.15) is 60.8 Å². The molecule has 0 aliphatic rings. The van der Waals surface area contributed by atoms with Gasteiger partial charge in [0.1, 0.15) is 5.75 Å². The maximum absolute atomic E-state index is 12.8. The number of hydrogen-bond donors (Lipinski definition) is 2. The number of tetrazole rings is 1. The van der Waals surface area contributed by atoms with Crippen molar-refractivity contribution in [2.45, 2.75) is 51.9 Å². The maximum atomic E-state index is 12.8. The van der Waals surface area contributed by atoms with Gasteiger partial charge in [0.05, 0.1) is 12.2 Å². The Balaban J connectivity index is 1.56. The van der Waals surface area contributed by atoms with Crippen molar-refractivity contribution < 1.29 is 9.53 Å². The second-order valence-corrected chi connectivity index (χ2v) is 7.24. The fourth-order valence-corrected chi connectivity index (χ4v) is 3.22. The molecule has 1 aromatic heterocycles. The SMILES string of the molecule is CCCCCCCOc1ccccc1C(=O)Nc1cccc(CCc2nn[nH]n2)c1. The molecular weight excluding hydrogens is 378 g/mol. The quantitative estimate of drug-likeness (QED) is 0.429. The van der Waals surface area contributed by atoms with Crippen LogP contribution in [0.3, 0.4) is 0 Å². The summed E-state index contributed by atoms with van der Waals surface area (Å²) in [6, 6.07) is 15.2. The molecule has 0 aliphatic carbocycles. The van der Waals surface area contributed by atoms with Crippen LogP contribution in [-0.4, -0.2) is 33.1 Å². The Hall–Kier alpha value is -3.22. The Morgan fingerprint density at radius 2 is 1.90 bits per heavy atom. The van der Waals surface area contributed by atoms with Crippen LogP contribution >= 0.6 is 0 Å². The summed E-state index contributed by atoms with van der Waals surface area (Å²) >= 11 is 0. The van der Waals surface area contributed by atoms with Crippen LogP contribution in [0.4, 0.5) is 5.69 Å². The van der Waals surface area contributed by atoms with Gasteiger partial charge in [-0.05, 0) is 42.7 Å². The third-order valence-electron chi connectivity index (χ3n) is 4.85. The predicted octanol–water partition coefficient (Wildman–Crippen LogP) is 4.59. The highest BCUT2D eigenvalue weighted by atomic mass is 16.5. The van der Waals surface area contributed by atoms with Crippen molar-refractivity contribution in [1.82, 2.24) is 20.6 Å². The minimum absolute atomic E-state index is 0.174. The number of carbonyl (C=O) groups is 1. The zero-order valence-corrected chi connectivity index (χ0v) is 17.4. The highest BCUT2D eigenvalue weighted by molar-refractivity contribution is 6.06. The second kappa shape index (κ2) is 11.7. The highest BCUT2D eigenvalue weighted by Gasteiger charge is 2.13. The lowest BCUT2D eigenvalue weighted by molar-refractivity contribution is 0.102. The molecule has 3 rings (SSSR count). The average molecular weight is 408 g/mol. The van der Waals surface area contributed by atoms with Crippen molar-refractivity contribution in [2.75, 3.05) is 11.9 Å². The molecule has 0 fully saturated rings. The molecular formula is C23H29N5O2. The summed E-state index contributed by atoms with van der Waals surface area (Å²) < 4.78 is 5.90. The number of nitrogens with zero attached hydrogens (tertiary/aromatic N) is 3. The van der Waals surface area contributed by atoms with Crippen molar-refractivity contribution in [3.8, 4) is 5.75 Å². The van der Waals surface area contributed by atoms with Gasteiger partial charge in [0.15, 0.2) is 5.82 Å². The number of benzene rings is 2. The maximum Gasteiger partial charge on any atom is 0.259 e. The third kappa shape index (κ3) is 6.69. The molecule has 0 unspecified atom stereocenters. The first kappa shape index (κ1) is 21.5. The van der Waals surface area contributed by atoms with E-state index in [1.54, 1.807) is 6.07 Å². The topological polar surface area (TPSA) is 92.8 Å². The van der Waals surface area contributed by atoms with Crippen molar-refractivity contribution >= 4 is 11.6 Å². The molecule has 30 heavy (non-hydrogen) atoms. The van der Waals surface area contributed by atoms with E-state index in [-0.39, 0.29) is 5.91 Å². The molecule has 1 amide bonds. The fraction of sp³-hybridized carbons (Fsp3) is 0.391. The summed E-state index contributed by atoms with van der Waals surface area (Å²) in [5.41, 5.74) is 2.39. The number of para-hydroxylation sites is 1. The van der Waals surface area contributed by atoms with Gasteiger partial charge in [-0.3, -0.25) is 4.79 Å². The fourth-order valence-electron chi connectivity index (χ4n) is 3.22. The van der Waals surface area contributed by atoms with E-state index in [0.717, 1.165) is 30.5 Å². The largest absolute Gasteiger partial charge is 0.493 e. The van der Waals surface area contributed by atoms with Gasteiger partial charge in [0.25, 0.3) is 5.91 Å². The Morgan fingerprint density at radius 1 is 1.03 bits per heavy atom. The van der Waals surface area contributed by atoms with E-state index in [1.807, 2.05) is 42.5 Å². The van der Waals surface area contributed by atoms with Crippen molar-refractivity contribution in [3.05, 3.63) is 65.5 Å². The Bertz CT molecular complexity index is 911. The lowest BCUT2D eigenvalue weighted by atomic mass is 10.1. The number of aromatic amines is 1. The second-order valence-electron chi connectivity index (χ2n) is 7.24. The number of amides is 1. The zero-order chi connectivity index (χ0) is 21.0. The standard InChI is InChI=1S/C23H29N5O2/c1-2-3-4-5-8-16-30-21-13-7-6-12-20(21)23(29)24-19-11-9-10-18(17-19)14-15-22-25-27-28-26-22/h6-7,9-13,17H,2-5,8,14-16H2,1H3,(H,24,29)(H,25,26,27,28). The van der Waals surface area contributed by atoms with E-state index in [4.69, 9.17) is 4.74 Å². The number of H-pyrrole nitrogens is 1. The molecule has 7 nitrogen and oxygen atoms in total. The van der Waals surface area contributed by atoms with E-state index in [2.05, 4.69) is 32.9 Å². The number of hydrogen-bond acceptors (Lipinski definition) is 5. The lowest BCUT2D eigenvalue weighted by Crippen LogP contribution is -2.14. The van der Waals surface area contributed by atoms with Gasteiger partial charge in [-0.2, -0.15) is 5.21 Å². The molecule has 7 heteroatoms. The van der Waals surface area contributed by atoms with Gasteiger partial charge >= 0.3 is 0 Å². The molecule has 2 N–H and O–H groups in total. The summed E-state index contributed by atoms with van der Waals surface area (Å²) in [7, 11) is 0. The van der Waals surface area contributed by atoms with Crippen molar-refractivity contribution in [1.29, 1.82) is 0 Å². The molecule has 158 valence electrons. The molecule has 0 spiro atoms. The minimum Gasteiger partial charge on any atom is -0.493 e. The van der Waals surface area contributed by atoms with Crippen molar-refractivity contribution in [2.24, 2.45) is 0 Å². The third-order valence-corrected chi connectivity index (χ3v) is 4.85. The molecule has 3 aromatic rings. The Labute approximate surface area is 177 Å². The Morgan fingerprint density at radius 3 is 2.73 bits per heavy atom. The van der Waals surface area contributed by atoms with E-state index >= 15 is 0 Å². The zero-order valence-electron chi connectivity index (χ0n) is 17.4. The van der Waals surface area contributed by atoms with E-state index < -0.39 is 0 Å².